The molecule has 0 atom stereocenters. The summed E-state index contributed by atoms with van der Waals surface area (Å²) in [5.74, 6) is -0.280. The van der Waals surface area contributed by atoms with Gasteiger partial charge in [-0.15, -0.1) is 0 Å². The van der Waals surface area contributed by atoms with Gasteiger partial charge in [-0.25, -0.2) is 4.39 Å². The zero-order valence-corrected chi connectivity index (χ0v) is 10.1. The fourth-order valence-electron chi connectivity index (χ4n) is 1.56. The first-order valence-corrected chi connectivity index (χ1v) is 5.71. The molecule has 0 saturated carbocycles. The van der Waals surface area contributed by atoms with Crippen LogP contribution in [0.3, 0.4) is 0 Å². The van der Waals surface area contributed by atoms with E-state index in [1.165, 1.54) is 23.9 Å². The first-order chi connectivity index (χ1) is 8.75. The van der Waals surface area contributed by atoms with Crippen LogP contribution in [-0.2, 0) is 11.4 Å². The topological polar surface area (TPSA) is 21.6 Å². The summed E-state index contributed by atoms with van der Waals surface area (Å²) >= 11 is 0. The predicted molar refractivity (Wildman–Crippen MR) is 70.0 cm³/mol. The molecule has 92 valence electrons. The number of rotatable bonds is 4. The van der Waals surface area contributed by atoms with Crippen LogP contribution in [0.5, 0.6) is 0 Å². The maximum Gasteiger partial charge on any atom is 0.142 e. The van der Waals surface area contributed by atoms with Gasteiger partial charge in [0.25, 0.3) is 0 Å². The molecule has 0 aromatic heterocycles. The number of benzene rings is 2. The Labute approximate surface area is 106 Å². The van der Waals surface area contributed by atoms with Crippen LogP contribution in [0.4, 0.5) is 4.39 Å². The Morgan fingerprint density at radius 3 is 2.78 bits per heavy atom. The molecule has 0 fully saturated rings. The van der Waals surface area contributed by atoms with E-state index in [1.54, 1.807) is 12.1 Å². The fourth-order valence-corrected chi connectivity index (χ4v) is 1.56. The van der Waals surface area contributed by atoms with Gasteiger partial charge in [0.2, 0.25) is 0 Å². The van der Waals surface area contributed by atoms with Crippen LogP contribution >= 0.6 is 0 Å². The maximum atomic E-state index is 12.9. The molecule has 0 radical (unpaired) electrons. The minimum atomic E-state index is -0.280. The van der Waals surface area contributed by atoms with Crippen molar-refractivity contribution < 1.29 is 9.23 Å². The number of oxime groups is 1. The van der Waals surface area contributed by atoms with Crippen molar-refractivity contribution in [3.8, 4) is 0 Å². The Balaban J connectivity index is 1.91. The standard InChI is InChI=1S/C15H14FNO/c1-12-5-2-3-7-14(12)11-18-17-10-13-6-4-8-15(16)9-13/h2-10H,11H2,1H3. The second-order valence-corrected chi connectivity index (χ2v) is 3.99. The van der Waals surface area contributed by atoms with Gasteiger partial charge in [-0.05, 0) is 35.7 Å². The number of hydrogen-bond donors (Lipinski definition) is 0. The van der Waals surface area contributed by atoms with Crippen molar-refractivity contribution in [1.82, 2.24) is 0 Å². The van der Waals surface area contributed by atoms with Crippen molar-refractivity contribution in [2.75, 3.05) is 0 Å². The summed E-state index contributed by atoms with van der Waals surface area (Å²) in [6, 6.07) is 14.2. The summed E-state index contributed by atoms with van der Waals surface area (Å²) < 4.78 is 12.9. The van der Waals surface area contributed by atoms with Crippen molar-refractivity contribution in [3.63, 3.8) is 0 Å². The first-order valence-electron chi connectivity index (χ1n) is 5.71. The van der Waals surface area contributed by atoms with E-state index in [0.29, 0.717) is 12.2 Å². The Morgan fingerprint density at radius 1 is 1.17 bits per heavy atom. The minimum absolute atomic E-state index is 0.280. The number of halogens is 1. The molecule has 0 heterocycles. The Hall–Kier alpha value is -2.16. The van der Waals surface area contributed by atoms with E-state index >= 15 is 0 Å². The van der Waals surface area contributed by atoms with Crippen molar-refractivity contribution in [2.24, 2.45) is 5.16 Å². The normalized spacial score (nSPS) is 10.8. The fraction of sp³-hybridized carbons (Fsp3) is 0.133. The molecule has 0 unspecified atom stereocenters. The number of hydrogen-bond acceptors (Lipinski definition) is 2. The smallest absolute Gasteiger partial charge is 0.142 e. The molecule has 3 heteroatoms. The third kappa shape index (κ3) is 3.42. The van der Waals surface area contributed by atoms with Crippen LogP contribution in [0, 0.1) is 12.7 Å². The van der Waals surface area contributed by atoms with Crippen molar-refractivity contribution in [1.29, 1.82) is 0 Å². The van der Waals surface area contributed by atoms with Gasteiger partial charge in [0, 0.05) is 0 Å². The van der Waals surface area contributed by atoms with Crippen LogP contribution in [0.1, 0.15) is 16.7 Å². The van der Waals surface area contributed by atoms with Gasteiger partial charge in [-0.3, -0.25) is 0 Å². The van der Waals surface area contributed by atoms with Gasteiger partial charge in [0.15, 0.2) is 0 Å². The van der Waals surface area contributed by atoms with Gasteiger partial charge in [-0.1, -0.05) is 41.6 Å². The number of nitrogens with zero attached hydrogens (tertiary/aromatic N) is 1. The molecule has 2 nitrogen and oxygen atoms in total. The zero-order chi connectivity index (χ0) is 12.8. The van der Waals surface area contributed by atoms with Crippen molar-refractivity contribution >= 4 is 6.21 Å². The third-order valence-corrected chi connectivity index (χ3v) is 2.61. The molecule has 0 aliphatic rings. The lowest BCUT2D eigenvalue weighted by atomic mass is 10.1. The lowest BCUT2D eigenvalue weighted by Crippen LogP contribution is -1.91. The predicted octanol–water partition coefficient (Wildman–Crippen LogP) is 3.68. The van der Waals surface area contributed by atoms with Crippen LogP contribution in [0.2, 0.25) is 0 Å². The van der Waals surface area contributed by atoms with E-state index < -0.39 is 0 Å². The Morgan fingerprint density at radius 2 is 2.00 bits per heavy atom. The first kappa shape index (κ1) is 12.3. The summed E-state index contributed by atoms with van der Waals surface area (Å²) in [5, 5.41) is 3.83. The van der Waals surface area contributed by atoms with Gasteiger partial charge >= 0.3 is 0 Å². The molecule has 0 spiro atoms. The average molecular weight is 243 g/mol. The van der Waals surface area contributed by atoms with Crippen LogP contribution in [0.25, 0.3) is 0 Å². The average Bonchev–Trinajstić information content (AvgIpc) is 2.37. The molecule has 2 aromatic rings. The highest BCUT2D eigenvalue weighted by molar-refractivity contribution is 5.78. The molecule has 0 aliphatic carbocycles. The molecule has 0 bridgehead atoms. The summed E-state index contributed by atoms with van der Waals surface area (Å²) in [5.41, 5.74) is 2.94. The largest absolute Gasteiger partial charge is 0.391 e. The highest BCUT2D eigenvalue weighted by Gasteiger charge is 1.96. The highest BCUT2D eigenvalue weighted by Crippen LogP contribution is 2.08. The van der Waals surface area contributed by atoms with Crippen molar-refractivity contribution in [2.45, 2.75) is 13.5 Å². The molecule has 0 amide bonds. The molecule has 0 saturated heterocycles. The van der Waals surface area contributed by atoms with E-state index in [-0.39, 0.29) is 5.82 Å². The van der Waals surface area contributed by atoms with Gasteiger partial charge in [0.1, 0.15) is 12.4 Å². The molecular weight excluding hydrogens is 229 g/mol. The SMILES string of the molecule is Cc1ccccc1CON=Cc1cccc(F)c1. The zero-order valence-electron chi connectivity index (χ0n) is 10.1. The van der Waals surface area contributed by atoms with Crippen molar-refractivity contribution in [3.05, 3.63) is 71.0 Å². The maximum absolute atomic E-state index is 12.9. The van der Waals surface area contributed by atoms with Gasteiger partial charge in [-0.2, -0.15) is 0 Å². The van der Waals surface area contributed by atoms with E-state index in [9.17, 15) is 4.39 Å². The molecule has 0 aliphatic heterocycles. The summed E-state index contributed by atoms with van der Waals surface area (Å²) in [7, 11) is 0. The quantitative estimate of drug-likeness (QED) is 0.593. The monoisotopic (exact) mass is 243 g/mol. The summed E-state index contributed by atoms with van der Waals surface area (Å²) in [6.07, 6.45) is 1.50. The Bertz CT molecular complexity index is 552. The molecule has 0 N–H and O–H groups in total. The van der Waals surface area contributed by atoms with Crippen LogP contribution in [0.15, 0.2) is 53.7 Å². The second kappa shape index (κ2) is 5.96. The van der Waals surface area contributed by atoms with Gasteiger partial charge in [0.05, 0.1) is 6.21 Å². The molecular formula is C15H14FNO. The van der Waals surface area contributed by atoms with E-state index in [4.69, 9.17) is 4.84 Å². The number of aryl methyl sites for hydroxylation is 1. The summed E-state index contributed by atoms with van der Waals surface area (Å²) in [6.45, 7) is 2.44. The lowest BCUT2D eigenvalue weighted by Gasteiger charge is -2.03. The van der Waals surface area contributed by atoms with E-state index in [2.05, 4.69) is 5.16 Å². The lowest BCUT2D eigenvalue weighted by molar-refractivity contribution is 0.131. The third-order valence-electron chi connectivity index (χ3n) is 2.61. The molecule has 18 heavy (non-hydrogen) atoms. The van der Waals surface area contributed by atoms with Gasteiger partial charge < -0.3 is 4.84 Å². The minimum Gasteiger partial charge on any atom is -0.391 e. The molecule has 2 aromatic carbocycles. The van der Waals surface area contributed by atoms with Crippen LogP contribution < -0.4 is 0 Å². The highest BCUT2D eigenvalue weighted by atomic mass is 19.1. The van der Waals surface area contributed by atoms with E-state index in [0.717, 1.165) is 5.56 Å². The van der Waals surface area contributed by atoms with Crippen LogP contribution in [-0.4, -0.2) is 6.21 Å². The Kier molecular flexibility index (Phi) is 4.07. The second-order valence-electron chi connectivity index (χ2n) is 3.99. The molecule has 2 rings (SSSR count). The summed E-state index contributed by atoms with van der Waals surface area (Å²) in [4.78, 5) is 5.19. The van der Waals surface area contributed by atoms with E-state index in [1.807, 2.05) is 31.2 Å².